The zero-order valence-electron chi connectivity index (χ0n) is 19.7. The fraction of sp³-hybridized carbons (Fsp3) is 0.400. The molecule has 0 atom stereocenters. The van der Waals surface area contributed by atoms with Crippen molar-refractivity contribution in [2.75, 3.05) is 6.61 Å². The van der Waals surface area contributed by atoms with Crippen molar-refractivity contribution >= 4 is 17.8 Å². The van der Waals surface area contributed by atoms with Crippen LogP contribution in [-0.2, 0) is 22.5 Å². The Labute approximate surface area is 189 Å². The number of ether oxygens (including phenoxy) is 2. The van der Waals surface area contributed by atoms with Crippen LogP contribution in [-0.4, -0.2) is 40.5 Å². The number of rotatable bonds is 11. The molecular weight excluding hydrogens is 410 g/mol. The summed E-state index contributed by atoms with van der Waals surface area (Å²) in [4.78, 5) is 37.0. The van der Waals surface area contributed by atoms with Gasteiger partial charge in [0.25, 0.3) is 5.91 Å². The minimum absolute atomic E-state index is 0.0932. The van der Waals surface area contributed by atoms with Crippen molar-refractivity contribution in [3.05, 3.63) is 59.2 Å². The summed E-state index contributed by atoms with van der Waals surface area (Å²) in [6.07, 6.45) is 3.53. The average molecular weight is 440 g/mol. The number of unbranched alkanes of at least 4 members (excludes halogenated alkanes) is 2. The molecule has 1 heterocycles. The molecular formula is C25H27NO6. The Morgan fingerprint density at radius 3 is 2.75 bits per heavy atom. The van der Waals surface area contributed by atoms with Crippen LogP contribution in [0.25, 0.3) is 0 Å². The van der Waals surface area contributed by atoms with Gasteiger partial charge in [-0.15, -0.1) is 0 Å². The molecule has 0 bridgehead atoms. The van der Waals surface area contributed by atoms with Crippen LogP contribution >= 0.6 is 0 Å². The standard InChI is InChI=1S/C25H27NO6/c27-23(28)8-2-1-5-13-31-21-7-4-3-6-18(21)16-26(20-10-11-20)25(30)17-9-12-22-19(14-17)15-24(29)32-22/h3-4,6-7,9,12,14,20H,1-2,5,8,10-11,13,15-16H2,(H,27,28)/i16D2. The van der Waals surface area contributed by atoms with Crippen molar-refractivity contribution in [1.82, 2.24) is 4.90 Å². The molecule has 1 fully saturated rings. The fourth-order valence-electron chi connectivity index (χ4n) is 3.60. The molecule has 0 radical (unpaired) electrons. The molecule has 2 aromatic carbocycles. The molecule has 1 amide bonds. The number of carbonyl (C=O) groups is 3. The summed E-state index contributed by atoms with van der Waals surface area (Å²) >= 11 is 0. The first kappa shape index (κ1) is 19.3. The fourth-order valence-corrected chi connectivity index (χ4v) is 3.60. The number of benzene rings is 2. The molecule has 168 valence electrons. The van der Waals surface area contributed by atoms with Crippen LogP contribution in [0, 0.1) is 0 Å². The highest BCUT2D eigenvalue weighted by molar-refractivity contribution is 5.96. The van der Waals surface area contributed by atoms with Crippen molar-refractivity contribution < 1.29 is 31.7 Å². The number of carbonyl (C=O) groups excluding carboxylic acids is 2. The lowest BCUT2D eigenvalue weighted by atomic mass is 10.1. The molecule has 0 spiro atoms. The molecule has 2 aliphatic rings. The highest BCUT2D eigenvalue weighted by atomic mass is 16.5. The van der Waals surface area contributed by atoms with E-state index in [9.17, 15) is 14.4 Å². The Morgan fingerprint density at radius 2 is 1.97 bits per heavy atom. The number of carboxylic acids is 1. The molecule has 0 saturated heterocycles. The normalized spacial score (nSPS) is 15.9. The Kier molecular flexibility index (Phi) is 5.95. The minimum Gasteiger partial charge on any atom is -0.493 e. The lowest BCUT2D eigenvalue weighted by Gasteiger charge is -2.24. The van der Waals surface area contributed by atoms with Crippen molar-refractivity contribution in [3.8, 4) is 11.5 Å². The van der Waals surface area contributed by atoms with Crippen molar-refractivity contribution in [2.24, 2.45) is 0 Å². The molecule has 0 unspecified atom stereocenters. The van der Waals surface area contributed by atoms with Crippen LogP contribution in [0.1, 0.15) is 62.8 Å². The van der Waals surface area contributed by atoms with E-state index >= 15 is 0 Å². The van der Waals surface area contributed by atoms with Crippen molar-refractivity contribution in [1.29, 1.82) is 0 Å². The molecule has 7 heteroatoms. The number of aliphatic carboxylic acids is 1. The van der Waals surface area contributed by atoms with Gasteiger partial charge in [0.2, 0.25) is 0 Å². The van der Waals surface area contributed by atoms with Gasteiger partial charge >= 0.3 is 11.9 Å². The molecule has 32 heavy (non-hydrogen) atoms. The predicted molar refractivity (Wildman–Crippen MR) is 117 cm³/mol. The third kappa shape index (κ3) is 5.46. The maximum absolute atomic E-state index is 13.5. The van der Waals surface area contributed by atoms with Gasteiger partial charge in [-0.25, -0.2) is 0 Å². The second kappa shape index (κ2) is 9.85. The van der Waals surface area contributed by atoms with Crippen LogP contribution in [0.4, 0.5) is 0 Å². The summed E-state index contributed by atoms with van der Waals surface area (Å²) in [6.45, 7) is -1.80. The van der Waals surface area contributed by atoms with E-state index in [0.29, 0.717) is 61.3 Å². The number of hydrogen-bond donors (Lipinski definition) is 1. The summed E-state index contributed by atoms with van der Waals surface area (Å²) in [5, 5.41) is 8.73. The first-order valence-electron chi connectivity index (χ1n) is 11.9. The summed E-state index contributed by atoms with van der Waals surface area (Å²) in [7, 11) is 0. The molecule has 1 N–H and O–H groups in total. The number of nitrogens with zero attached hydrogens (tertiary/aromatic N) is 1. The van der Waals surface area contributed by atoms with Gasteiger partial charge in [0, 0.05) is 35.6 Å². The second-order valence-electron chi connectivity index (χ2n) is 8.04. The van der Waals surface area contributed by atoms with E-state index in [1.165, 1.54) is 4.90 Å². The van der Waals surface area contributed by atoms with Gasteiger partial charge in [0.15, 0.2) is 0 Å². The molecule has 4 rings (SSSR count). The summed E-state index contributed by atoms with van der Waals surface area (Å²) in [5.41, 5.74) is 1.20. The lowest BCUT2D eigenvalue weighted by Crippen LogP contribution is -2.32. The Bertz CT molecular complexity index is 1100. The highest BCUT2D eigenvalue weighted by Crippen LogP contribution is 2.33. The Balaban J connectivity index is 1.52. The van der Waals surface area contributed by atoms with E-state index < -0.39 is 18.4 Å². The maximum Gasteiger partial charge on any atom is 0.315 e. The summed E-state index contributed by atoms with van der Waals surface area (Å²) < 4.78 is 28.8. The first-order valence-corrected chi connectivity index (χ1v) is 10.9. The number of amides is 1. The minimum atomic E-state index is -2.12. The van der Waals surface area contributed by atoms with Gasteiger partial charge in [0.05, 0.1) is 15.8 Å². The number of fused-ring (bicyclic) bond motifs is 1. The Morgan fingerprint density at radius 1 is 1.16 bits per heavy atom. The zero-order valence-corrected chi connectivity index (χ0v) is 17.7. The van der Waals surface area contributed by atoms with E-state index in [-0.39, 0.29) is 30.4 Å². The van der Waals surface area contributed by atoms with Crippen molar-refractivity contribution in [3.63, 3.8) is 0 Å². The largest absolute Gasteiger partial charge is 0.493 e. The molecule has 1 aliphatic carbocycles. The molecule has 1 aliphatic heterocycles. The lowest BCUT2D eigenvalue weighted by molar-refractivity contribution is -0.137. The quantitative estimate of drug-likeness (QED) is 0.323. The summed E-state index contributed by atoms with van der Waals surface area (Å²) in [5.74, 6) is -0.852. The third-order valence-electron chi connectivity index (χ3n) is 5.42. The van der Waals surface area contributed by atoms with Crippen molar-refractivity contribution in [2.45, 2.75) is 57.5 Å². The second-order valence-corrected chi connectivity index (χ2v) is 8.04. The smallest absolute Gasteiger partial charge is 0.315 e. The third-order valence-corrected chi connectivity index (χ3v) is 5.42. The topological polar surface area (TPSA) is 93.1 Å². The van der Waals surface area contributed by atoms with E-state index in [1.807, 2.05) is 0 Å². The maximum atomic E-state index is 13.5. The number of carboxylic acid groups (broad SMARTS) is 1. The van der Waals surface area contributed by atoms with Gasteiger partial charge in [-0.05, 0) is 56.4 Å². The molecule has 7 nitrogen and oxygen atoms in total. The zero-order chi connectivity index (χ0) is 24.3. The number of hydrogen-bond acceptors (Lipinski definition) is 5. The van der Waals surface area contributed by atoms with E-state index in [4.69, 9.17) is 17.3 Å². The van der Waals surface area contributed by atoms with Crippen LogP contribution in [0.5, 0.6) is 11.5 Å². The predicted octanol–water partition coefficient (Wildman–Crippen LogP) is 3.98. The van der Waals surface area contributed by atoms with E-state index in [0.717, 1.165) is 0 Å². The van der Waals surface area contributed by atoms with Crippen LogP contribution in [0.2, 0.25) is 0 Å². The van der Waals surface area contributed by atoms with Gasteiger partial charge in [-0.3, -0.25) is 14.4 Å². The SMILES string of the molecule is [2H]C([2H])(c1ccccc1OCCCCCC(=O)O)N(C(=O)c1ccc2c(c1)CC(=O)O2)C1CC1. The number of para-hydroxylation sites is 1. The first-order chi connectivity index (χ1) is 16.3. The monoisotopic (exact) mass is 439 g/mol. The number of esters is 1. The highest BCUT2D eigenvalue weighted by Gasteiger charge is 2.34. The molecule has 2 aromatic rings. The van der Waals surface area contributed by atoms with Gasteiger partial charge in [-0.2, -0.15) is 0 Å². The van der Waals surface area contributed by atoms with Crippen LogP contribution in [0.3, 0.4) is 0 Å². The van der Waals surface area contributed by atoms with Crippen LogP contribution < -0.4 is 9.47 Å². The van der Waals surface area contributed by atoms with Gasteiger partial charge in [-0.1, -0.05) is 18.2 Å². The Hall–Kier alpha value is -3.35. The molecule has 1 saturated carbocycles. The van der Waals surface area contributed by atoms with Crippen LogP contribution in [0.15, 0.2) is 42.5 Å². The average Bonchev–Trinajstić information content (AvgIpc) is 3.54. The van der Waals surface area contributed by atoms with E-state index in [1.54, 1.807) is 42.5 Å². The van der Waals surface area contributed by atoms with E-state index in [2.05, 4.69) is 0 Å². The summed E-state index contributed by atoms with van der Waals surface area (Å²) in [6, 6.07) is 11.3. The molecule has 0 aromatic heterocycles. The van der Waals surface area contributed by atoms with Gasteiger partial charge < -0.3 is 19.5 Å². The van der Waals surface area contributed by atoms with Gasteiger partial charge in [0.1, 0.15) is 11.5 Å².